The molecule has 3 aliphatic rings. The lowest BCUT2D eigenvalue weighted by atomic mass is 9.92. The van der Waals surface area contributed by atoms with E-state index in [1.165, 1.54) is 57.7 Å². The number of nitrogens with zero attached hydrogens (tertiary/aromatic N) is 5. The summed E-state index contributed by atoms with van der Waals surface area (Å²) in [6.45, 7) is 4.43. The molecule has 0 spiro atoms. The number of aliphatic hydroxyl groups is 8. The highest BCUT2D eigenvalue weighted by atomic mass is 32.2. The first-order chi connectivity index (χ1) is 46.1. The van der Waals surface area contributed by atoms with Crippen molar-refractivity contribution in [2.45, 2.75) is 182 Å². The van der Waals surface area contributed by atoms with Gasteiger partial charge in [0.25, 0.3) is 11.8 Å². The number of nitrogen functional groups attached to an aromatic ring is 1. The molecule has 42 heteroatoms. The van der Waals surface area contributed by atoms with Crippen molar-refractivity contribution < 1.29 is 103 Å². The van der Waals surface area contributed by atoms with Crippen LogP contribution in [0, 0.1) is 18.3 Å². The highest BCUT2D eigenvalue weighted by Gasteiger charge is 2.53. The molecule has 0 saturated carbocycles. The lowest BCUT2D eigenvalue weighted by Crippen LogP contribution is -2.65. The van der Waals surface area contributed by atoms with Crippen LogP contribution in [-0.4, -0.2) is 260 Å². The van der Waals surface area contributed by atoms with E-state index in [1.54, 1.807) is 5.38 Å². The number of rotatable bonds is 36. The van der Waals surface area contributed by atoms with E-state index in [9.17, 15) is 69.6 Å². The maximum atomic E-state index is 15.4. The van der Waals surface area contributed by atoms with Crippen molar-refractivity contribution in [3.8, 4) is 0 Å². The van der Waals surface area contributed by atoms with Crippen molar-refractivity contribution >= 4 is 87.2 Å². The summed E-state index contributed by atoms with van der Waals surface area (Å²) in [5.74, 6) is -8.54. The molecule has 6 heterocycles. The fourth-order valence-electron chi connectivity index (χ4n) is 10.3. The first kappa shape index (κ1) is 79.2. The molecule has 98 heavy (non-hydrogen) atoms. The highest BCUT2D eigenvalue weighted by Crippen LogP contribution is 2.36. The predicted octanol–water partition coefficient (Wildman–Crippen LogP) is -7.56. The van der Waals surface area contributed by atoms with Gasteiger partial charge in [0.05, 0.1) is 77.6 Å². The van der Waals surface area contributed by atoms with Crippen LogP contribution in [0.4, 0.5) is 10.6 Å². The van der Waals surface area contributed by atoms with Crippen molar-refractivity contribution in [3.63, 3.8) is 0 Å². The number of carbonyl (C=O) groups is 8. The average Bonchev–Trinajstić information content (AvgIpc) is 0.884. The van der Waals surface area contributed by atoms with Crippen molar-refractivity contribution in [3.05, 3.63) is 51.4 Å². The first-order valence-electron chi connectivity index (χ1n) is 30.7. The van der Waals surface area contributed by atoms with Crippen LogP contribution >= 0.6 is 23.1 Å². The van der Waals surface area contributed by atoms with E-state index in [0.29, 0.717) is 35.2 Å². The van der Waals surface area contributed by atoms with Crippen molar-refractivity contribution in [2.24, 2.45) is 39.6 Å². The van der Waals surface area contributed by atoms with Crippen LogP contribution in [0.5, 0.6) is 0 Å². The zero-order chi connectivity index (χ0) is 72.6. The number of aromatic amines is 1. The summed E-state index contributed by atoms with van der Waals surface area (Å²) in [6, 6.07) is -8.53. The Labute approximate surface area is 567 Å². The van der Waals surface area contributed by atoms with Gasteiger partial charge in [0.2, 0.25) is 29.5 Å². The summed E-state index contributed by atoms with van der Waals surface area (Å²) in [5.41, 5.74) is 31.0. The zero-order valence-corrected chi connectivity index (χ0v) is 55.5. The van der Waals surface area contributed by atoms with E-state index in [-0.39, 0.29) is 65.9 Å². The van der Waals surface area contributed by atoms with Crippen molar-refractivity contribution in [2.75, 3.05) is 44.3 Å². The number of thioether (sulfide) groups is 1. The van der Waals surface area contributed by atoms with Gasteiger partial charge in [0, 0.05) is 62.2 Å². The van der Waals surface area contributed by atoms with Crippen LogP contribution in [0.2, 0.25) is 0 Å². The standard InChI is InChI=1S/C56H87N19O21S2/c1-20-33(72-46(75-44(20)61)25(13-31(60)78)67-14-23(57)45(62)84)49(87)73-34(40(26-15-64-19-68-26)94-54-42(38(82)36(80)22(3)92-54)95-53-39(83)41(96-55(63)90)37(81)29(16-77)93-53)50(88)70-24(9-12-76)35(79)21(2)47(85)74-43(56(4,5)91)51(89)66-11-8-32-69-28(18-97-32)52-71-27(17-98-52)48(86)65-10-6-7-30(58)59/h15,17,19,21-25,28-29,34-43,53-54,67,76-77,79-83,91H,6-14,16,18,57H2,1-5H3,(H3,58,59)(H2,60,78)(H2,62,84)(H2,63,90)(H,64,68)(H,65,86)(H,66,89)(H,70,88)(H,73,87)(H,74,85)(H2,61,72,75)/t21-,22-,23-,24+,25-,28+,29+,34-,35-,36+,37+,38-,39-,40-,41+,42-,43-,53+,54-/m0/s1. The Kier molecular flexibility index (Phi) is 28.9. The summed E-state index contributed by atoms with van der Waals surface area (Å²) >= 11 is 2.66. The van der Waals surface area contributed by atoms with Crippen LogP contribution in [-0.2, 0) is 47.7 Å². The molecule has 0 unspecified atom stereocenters. The number of hydrogen-bond acceptors (Lipinski definition) is 32. The number of aliphatic imine (C=N–C) groups is 1. The van der Waals surface area contributed by atoms with Gasteiger partial charge in [-0.25, -0.2) is 24.7 Å². The minimum atomic E-state index is -2.20. The van der Waals surface area contributed by atoms with Gasteiger partial charge >= 0.3 is 6.09 Å². The number of imidazole rings is 1. The van der Waals surface area contributed by atoms with Gasteiger partial charge in [-0.05, 0) is 40.5 Å². The van der Waals surface area contributed by atoms with Crippen molar-refractivity contribution in [1.82, 2.24) is 56.8 Å². The number of thiazole rings is 1. The van der Waals surface area contributed by atoms with E-state index in [4.69, 9.17) is 68.5 Å². The highest BCUT2D eigenvalue weighted by molar-refractivity contribution is 8.14. The number of carbonyl (C=O) groups excluding carboxylic acids is 8. The van der Waals surface area contributed by atoms with Gasteiger partial charge in [-0.3, -0.25) is 44.0 Å². The lowest BCUT2D eigenvalue weighted by molar-refractivity contribution is -0.369. The number of nitrogens with one attached hydrogen (secondary N) is 8. The molecule has 0 aliphatic carbocycles. The second-order valence-corrected chi connectivity index (χ2v) is 25.8. The number of anilines is 1. The third-order valence-corrected chi connectivity index (χ3v) is 17.9. The quantitative estimate of drug-likeness (QED) is 0.0146. The molecule has 6 rings (SSSR count). The van der Waals surface area contributed by atoms with Gasteiger partial charge in [-0.2, -0.15) is 0 Å². The number of hydrogen-bond donors (Lipinski definition) is 22. The number of aliphatic hydroxyl groups excluding tert-OH is 7. The maximum absolute atomic E-state index is 15.4. The summed E-state index contributed by atoms with van der Waals surface area (Å²) in [4.78, 5) is 132. The Bertz CT molecular complexity index is 3300. The van der Waals surface area contributed by atoms with Gasteiger partial charge in [0.15, 0.2) is 18.7 Å². The molecule has 0 bridgehead atoms. The van der Waals surface area contributed by atoms with Gasteiger partial charge in [0.1, 0.15) is 88.9 Å². The average molecular weight is 1430 g/mol. The molecular weight excluding hydrogens is 1340 g/mol. The van der Waals surface area contributed by atoms with Crippen molar-refractivity contribution in [1.29, 1.82) is 5.41 Å². The second kappa shape index (κ2) is 35.8. The lowest BCUT2D eigenvalue weighted by Gasteiger charge is -2.46. The third-order valence-electron chi connectivity index (χ3n) is 15.9. The molecule has 3 aliphatic heterocycles. The smallest absolute Gasteiger partial charge is 0.404 e. The molecule has 0 radical (unpaired) electrons. The number of amides is 8. The second-order valence-electron chi connectivity index (χ2n) is 23.8. The molecule has 0 aromatic carbocycles. The number of primary amides is 3. The molecule has 3 aromatic heterocycles. The minimum absolute atomic E-state index is 0.00825. The molecule has 40 nitrogen and oxygen atoms in total. The van der Waals surface area contributed by atoms with Gasteiger partial charge in [-0.1, -0.05) is 6.92 Å². The zero-order valence-electron chi connectivity index (χ0n) is 53.9. The number of aromatic nitrogens is 5. The summed E-state index contributed by atoms with van der Waals surface area (Å²) < 4.78 is 29.0. The Morgan fingerprint density at radius 3 is 2.22 bits per heavy atom. The van der Waals surface area contributed by atoms with Crippen LogP contribution in [0.1, 0.15) is 121 Å². The topological polar surface area (TPSA) is 676 Å². The number of ether oxygens (including phenoxy) is 5. The molecule has 3 aromatic rings. The summed E-state index contributed by atoms with van der Waals surface area (Å²) in [5, 5.41) is 115. The van der Waals surface area contributed by atoms with E-state index < -0.39 is 189 Å². The van der Waals surface area contributed by atoms with Gasteiger partial charge in [-0.15, -0.1) is 23.1 Å². The molecule has 544 valence electrons. The van der Waals surface area contributed by atoms with Crippen LogP contribution < -0.4 is 66.3 Å². The third kappa shape index (κ3) is 21.1. The Hall–Kier alpha value is -7.79. The predicted molar refractivity (Wildman–Crippen MR) is 343 cm³/mol. The van der Waals surface area contributed by atoms with Crippen LogP contribution in [0.25, 0.3) is 0 Å². The number of H-pyrrole nitrogens is 1. The molecule has 8 amide bonds. The Morgan fingerprint density at radius 1 is 0.888 bits per heavy atom. The molecule has 2 fully saturated rings. The molecule has 28 N–H and O–H groups in total. The molecule has 19 atom stereocenters. The van der Waals surface area contributed by atoms with E-state index in [0.717, 1.165) is 12.5 Å². The first-order valence-corrected chi connectivity index (χ1v) is 32.6. The number of nitrogens with two attached hydrogens (primary N) is 6. The van der Waals surface area contributed by atoms with E-state index in [1.807, 2.05) is 0 Å². The maximum Gasteiger partial charge on any atom is 0.404 e. The van der Waals surface area contributed by atoms with E-state index in [2.05, 4.69) is 56.8 Å². The van der Waals surface area contributed by atoms with Crippen LogP contribution in [0.3, 0.4) is 0 Å². The molecule has 2 saturated heterocycles. The monoisotopic (exact) mass is 1430 g/mol. The van der Waals surface area contributed by atoms with Crippen LogP contribution in [0.15, 0.2) is 22.9 Å². The molecular formula is C56H87N19O21S2. The van der Waals surface area contributed by atoms with Gasteiger partial charge < -0.3 is 136 Å². The largest absolute Gasteiger partial charge is 0.441 e. The Balaban J connectivity index is 1.29. The summed E-state index contributed by atoms with van der Waals surface area (Å²) in [7, 11) is 0. The minimum Gasteiger partial charge on any atom is -0.441 e. The summed E-state index contributed by atoms with van der Waals surface area (Å²) in [6.07, 6.45) is -22.4. The normalized spacial score (nSPS) is 25.0. The fourth-order valence-corrected chi connectivity index (χ4v) is 12.2. The van der Waals surface area contributed by atoms with E-state index >= 15 is 9.59 Å². The SMILES string of the molecule is Cc1c(N)nc([C@H](CC(N)=O)NC[C@H](N)C(N)=O)nc1C(=O)N[C@H](C(=O)N[C@H](CCO)[C@@H](O)[C@H](C)C(=O)N[C@@H](C(=O)NCCC1=N[C@@H](c2nc(C(=O)NCCCC(=N)N)cs2)CS1)C(C)(C)O)[C@@H](O[C@@H]1O[C@@H](C)[C@@H](O)[C@H](O)[C@@H]1O[C@H]1O[C@H](CO)[C@@H](O)[C@@H](OC(N)=O)[C@@H]1O)c1cnc[nH]1. The fraction of sp³-hybridized carbons (Fsp3) is 0.643. The Morgan fingerprint density at radius 2 is 1.60 bits per heavy atom. The number of amidine groups is 1.